The fourth-order valence-corrected chi connectivity index (χ4v) is 5.15. The van der Waals surface area contributed by atoms with E-state index in [1.807, 2.05) is 36.4 Å². The molecule has 0 amide bonds. The molecule has 3 aromatic rings. The summed E-state index contributed by atoms with van der Waals surface area (Å²) in [4.78, 5) is 2.50. The first-order valence-electron chi connectivity index (χ1n) is 12.4. The fourth-order valence-electron chi connectivity index (χ4n) is 5.15. The highest BCUT2D eigenvalue weighted by molar-refractivity contribution is 5.93. The van der Waals surface area contributed by atoms with Gasteiger partial charge in [-0.05, 0) is 86.0 Å². The summed E-state index contributed by atoms with van der Waals surface area (Å²) in [5, 5.41) is 20.2. The molecule has 0 aromatic heterocycles. The number of ether oxygens (including phenoxy) is 2. The van der Waals surface area contributed by atoms with Gasteiger partial charge in [0, 0.05) is 35.2 Å². The second kappa shape index (κ2) is 9.67. The third-order valence-electron chi connectivity index (χ3n) is 7.19. The molecule has 1 saturated heterocycles. The standard InChI is InChI=1S/C30H33NO4/c1-19-13-14-31(17-19)20(2)18-34-26-10-7-22(8-11-26)30-29(23-5-4-6-24(32)15-23)21(3)27-16-25(33)9-12-28(27)35-30/h4-12,15-16,19-21,32-33H,13-14,17-18H2,1-3H3/t19-,20+,21?/m1/s1. The van der Waals surface area contributed by atoms with Crippen molar-refractivity contribution in [1.82, 2.24) is 4.90 Å². The summed E-state index contributed by atoms with van der Waals surface area (Å²) >= 11 is 0. The van der Waals surface area contributed by atoms with E-state index >= 15 is 0 Å². The topological polar surface area (TPSA) is 62.2 Å². The minimum Gasteiger partial charge on any atom is -0.508 e. The maximum Gasteiger partial charge on any atom is 0.139 e. The van der Waals surface area contributed by atoms with Crippen molar-refractivity contribution >= 4 is 11.3 Å². The molecular weight excluding hydrogens is 438 g/mol. The Hall–Kier alpha value is -3.44. The van der Waals surface area contributed by atoms with Crippen LogP contribution in [-0.4, -0.2) is 40.9 Å². The zero-order valence-electron chi connectivity index (χ0n) is 20.6. The molecule has 1 fully saturated rings. The quantitative estimate of drug-likeness (QED) is 0.444. The molecule has 5 rings (SSSR count). The first kappa shape index (κ1) is 23.3. The second-order valence-corrected chi connectivity index (χ2v) is 9.91. The smallest absolute Gasteiger partial charge is 0.139 e. The first-order chi connectivity index (χ1) is 16.9. The van der Waals surface area contributed by atoms with Crippen LogP contribution in [0.2, 0.25) is 0 Å². The molecule has 182 valence electrons. The highest BCUT2D eigenvalue weighted by Crippen LogP contribution is 2.47. The molecule has 0 aliphatic carbocycles. The van der Waals surface area contributed by atoms with Crippen molar-refractivity contribution < 1.29 is 19.7 Å². The van der Waals surface area contributed by atoms with E-state index in [1.165, 1.54) is 6.42 Å². The van der Waals surface area contributed by atoms with E-state index < -0.39 is 0 Å². The van der Waals surface area contributed by atoms with Crippen molar-refractivity contribution in [2.75, 3.05) is 19.7 Å². The number of benzene rings is 3. The monoisotopic (exact) mass is 471 g/mol. The summed E-state index contributed by atoms with van der Waals surface area (Å²) in [7, 11) is 0. The zero-order chi connectivity index (χ0) is 24.5. The van der Waals surface area contributed by atoms with Crippen LogP contribution in [0.15, 0.2) is 66.7 Å². The van der Waals surface area contributed by atoms with Gasteiger partial charge in [-0.25, -0.2) is 0 Å². The molecule has 35 heavy (non-hydrogen) atoms. The number of phenols is 2. The predicted octanol–water partition coefficient (Wildman–Crippen LogP) is 6.27. The average molecular weight is 472 g/mol. The molecule has 0 bridgehead atoms. The van der Waals surface area contributed by atoms with E-state index in [2.05, 4.69) is 25.7 Å². The Kier molecular flexibility index (Phi) is 6.44. The molecule has 2 N–H and O–H groups in total. The highest BCUT2D eigenvalue weighted by Gasteiger charge is 2.29. The van der Waals surface area contributed by atoms with Crippen LogP contribution in [0.4, 0.5) is 0 Å². The molecular formula is C30H33NO4. The lowest BCUT2D eigenvalue weighted by atomic mass is 9.83. The third-order valence-corrected chi connectivity index (χ3v) is 7.19. The van der Waals surface area contributed by atoms with Gasteiger partial charge in [-0.15, -0.1) is 0 Å². The van der Waals surface area contributed by atoms with Crippen LogP contribution in [0, 0.1) is 5.92 Å². The number of fused-ring (bicyclic) bond motifs is 1. The van der Waals surface area contributed by atoms with Gasteiger partial charge in [-0.3, -0.25) is 4.90 Å². The van der Waals surface area contributed by atoms with Crippen molar-refractivity contribution in [2.45, 2.75) is 39.2 Å². The second-order valence-electron chi connectivity index (χ2n) is 9.91. The maximum absolute atomic E-state index is 10.1. The Morgan fingerprint density at radius 1 is 0.971 bits per heavy atom. The number of aromatic hydroxyl groups is 2. The Labute approximate surface area is 207 Å². The summed E-state index contributed by atoms with van der Waals surface area (Å²) in [6, 6.07) is 20.8. The van der Waals surface area contributed by atoms with E-state index in [0.29, 0.717) is 12.6 Å². The molecule has 2 heterocycles. The number of rotatable bonds is 6. The van der Waals surface area contributed by atoms with Gasteiger partial charge in [0.15, 0.2) is 0 Å². The van der Waals surface area contributed by atoms with E-state index in [1.54, 1.807) is 30.3 Å². The fraction of sp³-hybridized carbons (Fsp3) is 0.333. The van der Waals surface area contributed by atoms with Crippen molar-refractivity contribution in [3.05, 3.63) is 83.4 Å². The van der Waals surface area contributed by atoms with Crippen molar-refractivity contribution in [1.29, 1.82) is 0 Å². The van der Waals surface area contributed by atoms with Crippen molar-refractivity contribution in [3.63, 3.8) is 0 Å². The van der Waals surface area contributed by atoms with Gasteiger partial charge < -0.3 is 19.7 Å². The lowest BCUT2D eigenvalue weighted by Gasteiger charge is -2.29. The van der Waals surface area contributed by atoms with Crippen LogP contribution >= 0.6 is 0 Å². The number of hydrogen-bond acceptors (Lipinski definition) is 5. The highest BCUT2D eigenvalue weighted by atomic mass is 16.5. The lowest BCUT2D eigenvalue weighted by molar-refractivity contribution is 0.169. The Morgan fingerprint density at radius 3 is 2.46 bits per heavy atom. The molecule has 5 nitrogen and oxygen atoms in total. The average Bonchev–Trinajstić information content (AvgIpc) is 3.29. The van der Waals surface area contributed by atoms with E-state index in [0.717, 1.165) is 58.5 Å². The Bertz CT molecular complexity index is 1230. The van der Waals surface area contributed by atoms with Gasteiger partial charge in [-0.2, -0.15) is 0 Å². The summed E-state index contributed by atoms with van der Waals surface area (Å²) in [5.74, 6) is 3.43. The molecule has 0 saturated carbocycles. The summed E-state index contributed by atoms with van der Waals surface area (Å²) in [5.41, 5.74) is 3.69. The number of phenolic OH excluding ortho intramolecular Hbond substituents is 2. The van der Waals surface area contributed by atoms with Gasteiger partial charge in [0.25, 0.3) is 0 Å². The minimum absolute atomic E-state index is 0.0396. The molecule has 2 aliphatic heterocycles. The summed E-state index contributed by atoms with van der Waals surface area (Å²) in [6.45, 7) is 9.58. The Morgan fingerprint density at radius 2 is 1.74 bits per heavy atom. The normalized spacial score (nSPS) is 20.9. The summed E-state index contributed by atoms with van der Waals surface area (Å²) in [6.07, 6.45) is 1.26. The zero-order valence-corrected chi connectivity index (χ0v) is 20.6. The lowest BCUT2D eigenvalue weighted by Crippen LogP contribution is -2.35. The number of allylic oxidation sites excluding steroid dienone is 1. The number of hydrogen-bond donors (Lipinski definition) is 2. The number of likely N-dealkylation sites (tertiary alicyclic amines) is 1. The van der Waals surface area contributed by atoms with Gasteiger partial charge in [0.1, 0.15) is 35.4 Å². The first-order valence-corrected chi connectivity index (χ1v) is 12.4. The van der Waals surface area contributed by atoms with Gasteiger partial charge in [0.05, 0.1) is 0 Å². The summed E-state index contributed by atoms with van der Waals surface area (Å²) < 4.78 is 12.5. The Balaban J connectivity index is 1.43. The molecule has 2 aliphatic rings. The number of nitrogens with zero attached hydrogens (tertiary/aromatic N) is 1. The molecule has 0 spiro atoms. The van der Waals surface area contributed by atoms with Gasteiger partial charge in [-0.1, -0.05) is 26.0 Å². The van der Waals surface area contributed by atoms with Crippen LogP contribution in [0.25, 0.3) is 11.3 Å². The molecule has 1 unspecified atom stereocenters. The van der Waals surface area contributed by atoms with Crippen LogP contribution in [0.3, 0.4) is 0 Å². The van der Waals surface area contributed by atoms with E-state index in [4.69, 9.17) is 9.47 Å². The molecule has 3 aromatic carbocycles. The van der Waals surface area contributed by atoms with Gasteiger partial charge >= 0.3 is 0 Å². The largest absolute Gasteiger partial charge is 0.508 e. The molecule has 0 radical (unpaired) electrons. The van der Waals surface area contributed by atoms with Crippen molar-refractivity contribution in [2.24, 2.45) is 5.92 Å². The van der Waals surface area contributed by atoms with Crippen LogP contribution in [-0.2, 0) is 0 Å². The third kappa shape index (κ3) is 4.87. The van der Waals surface area contributed by atoms with E-state index in [9.17, 15) is 10.2 Å². The van der Waals surface area contributed by atoms with Gasteiger partial charge in [0.2, 0.25) is 0 Å². The maximum atomic E-state index is 10.1. The van der Waals surface area contributed by atoms with Crippen LogP contribution < -0.4 is 9.47 Å². The molecule has 5 heteroatoms. The van der Waals surface area contributed by atoms with Crippen molar-refractivity contribution in [3.8, 4) is 23.0 Å². The minimum atomic E-state index is -0.0396. The van der Waals surface area contributed by atoms with Crippen LogP contribution in [0.5, 0.6) is 23.0 Å². The van der Waals surface area contributed by atoms with Crippen LogP contribution in [0.1, 0.15) is 49.8 Å². The SMILES string of the molecule is CC1C(c2cccc(O)c2)=C(c2ccc(OC[C@H](C)N3CC[C@@H](C)C3)cc2)Oc2ccc(O)cc21. The molecule has 3 atom stereocenters. The van der Waals surface area contributed by atoms with E-state index in [-0.39, 0.29) is 17.4 Å². The predicted molar refractivity (Wildman–Crippen MR) is 139 cm³/mol.